The van der Waals surface area contributed by atoms with E-state index in [0.717, 1.165) is 4.47 Å². The average molecular weight is 401 g/mol. The van der Waals surface area contributed by atoms with E-state index in [1.807, 2.05) is 6.07 Å². The molecule has 0 bridgehead atoms. The molecule has 0 aliphatic heterocycles. The van der Waals surface area contributed by atoms with Crippen LogP contribution in [0.5, 0.6) is 5.88 Å². The average Bonchev–Trinajstić information content (AvgIpc) is 2.40. The molecule has 0 radical (unpaired) electrons. The molecule has 0 unspecified atom stereocenters. The van der Waals surface area contributed by atoms with Crippen LogP contribution in [-0.2, 0) is 0 Å². The standard InChI is InChI=1S/C13H11Br2N3O2/c1-7-5-11(20-2)17-13(16-7)18-12(19)9-6-8(14)3-4-10(9)15/h3-6H,1-2H3,(H,16,17,18,19). The van der Waals surface area contributed by atoms with Crippen LogP contribution in [0.25, 0.3) is 0 Å². The number of ether oxygens (including phenoxy) is 1. The zero-order valence-corrected chi connectivity index (χ0v) is 13.9. The lowest BCUT2D eigenvalue weighted by molar-refractivity contribution is 0.102. The summed E-state index contributed by atoms with van der Waals surface area (Å²) >= 11 is 6.67. The van der Waals surface area contributed by atoms with Crippen molar-refractivity contribution in [3.8, 4) is 5.88 Å². The summed E-state index contributed by atoms with van der Waals surface area (Å²) in [6, 6.07) is 7.03. The van der Waals surface area contributed by atoms with Crippen LogP contribution in [0.4, 0.5) is 5.95 Å². The molecular weight excluding hydrogens is 390 g/mol. The van der Waals surface area contributed by atoms with Gasteiger partial charge in [-0.05, 0) is 41.1 Å². The molecule has 1 aromatic carbocycles. The van der Waals surface area contributed by atoms with Crippen molar-refractivity contribution in [2.75, 3.05) is 12.4 Å². The van der Waals surface area contributed by atoms with Gasteiger partial charge in [0.05, 0.1) is 12.7 Å². The smallest absolute Gasteiger partial charge is 0.259 e. The number of rotatable bonds is 3. The first-order valence-electron chi connectivity index (χ1n) is 5.65. The Kier molecular flexibility index (Phi) is 4.72. The minimum absolute atomic E-state index is 0.207. The molecule has 1 heterocycles. The highest BCUT2D eigenvalue weighted by Gasteiger charge is 2.13. The third kappa shape index (κ3) is 3.55. The summed E-state index contributed by atoms with van der Waals surface area (Å²) in [5.41, 5.74) is 1.20. The molecule has 0 saturated carbocycles. The molecule has 7 heteroatoms. The molecule has 5 nitrogen and oxygen atoms in total. The van der Waals surface area contributed by atoms with Crippen LogP contribution in [0.15, 0.2) is 33.2 Å². The molecule has 0 atom stereocenters. The monoisotopic (exact) mass is 399 g/mol. The predicted molar refractivity (Wildman–Crippen MR) is 83.1 cm³/mol. The second kappa shape index (κ2) is 6.32. The van der Waals surface area contributed by atoms with Crippen LogP contribution in [0.2, 0.25) is 0 Å². The molecule has 1 aromatic heterocycles. The van der Waals surface area contributed by atoms with Crippen LogP contribution in [0.1, 0.15) is 16.1 Å². The van der Waals surface area contributed by atoms with E-state index in [0.29, 0.717) is 21.6 Å². The van der Waals surface area contributed by atoms with E-state index < -0.39 is 0 Å². The van der Waals surface area contributed by atoms with E-state index in [9.17, 15) is 4.79 Å². The van der Waals surface area contributed by atoms with Crippen LogP contribution in [0.3, 0.4) is 0 Å². The van der Waals surface area contributed by atoms with Crippen LogP contribution in [0, 0.1) is 6.92 Å². The van der Waals surface area contributed by atoms with Crippen molar-refractivity contribution in [2.24, 2.45) is 0 Å². The van der Waals surface area contributed by atoms with Gasteiger partial charge in [-0.3, -0.25) is 10.1 Å². The third-order valence-corrected chi connectivity index (χ3v) is 3.62. The number of halogens is 2. The number of aryl methyl sites for hydroxylation is 1. The third-order valence-electron chi connectivity index (χ3n) is 2.44. The number of aromatic nitrogens is 2. The Morgan fingerprint density at radius 3 is 2.70 bits per heavy atom. The Morgan fingerprint density at radius 2 is 2.00 bits per heavy atom. The summed E-state index contributed by atoms with van der Waals surface area (Å²) in [5.74, 6) is 0.311. The van der Waals surface area contributed by atoms with Crippen molar-refractivity contribution in [3.05, 3.63) is 44.5 Å². The van der Waals surface area contributed by atoms with Crippen molar-refractivity contribution in [1.29, 1.82) is 0 Å². The summed E-state index contributed by atoms with van der Waals surface area (Å²) < 4.78 is 6.55. The fourth-order valence-electron chi connectivity index (χ4n) is 1.54. The fourth-order valence-corrected chi connectivity index (χ4v) is 2.33. The molecule has 2 rings (SSSR count). The summed E-state index contributed by atoms with van der Waals surface area (Å²) in [6.07, 6.45) is 0. The van der Waals surface area contributed by atoms with Crippen LogP contribution in [-0.4, -0.2) is 23.0 Å². The predicted octanol–water partition coefficient (Wildman–Crippen LogP) is 3.57. The molecule has 104 valence electrons. The minimum Gasteiger partial charge on any atom is -0.481 e. The first kappa shape index (κ1) is 14.9. The van der Waals surface area contributed by atoms with E-state index in [1.54, 1.807) is 25.1 Å². The summed E-state index contributed by atoms with van der Waals surface area (Å²) in [4.78, 5) is 20.4. The lowest BCUT2D eigenvalue weighted by Crippen LogP contribution is -2.15. The normalized spacial score (nSPS) is 10.2. The van der Waals surface area contributed by atoms with Gasteiger partial charge < -0.3 is 4.74 Å². The first-order valence-corrected chi connectivity index (χ1v) is 7.24. The molecule has 1 amide bonds. The van der Waals surface area contributed by atoms with Gasteiger partial charge in [0.25, 0.3) is 5.91 Å². The minimum atomic E-state index is -0.300. The Hall–Kier alpha value is -1.47. The number of carbonyl (C=O) groups excluding carboxylic acids is 1. The van der Waals surface area contributed by atoms with Gasteiger partial charge in [0.2, 0.25) is 11.8 Å². The Bertz CT molecular complexity index is 662. The second-order valence-electron chi connectivity index (χ2n) is 3.95. The van der Waals surface area contributed by atoms with Gasteiger partial charge in [-0.2, -0.15) is 4.98 Å². The van der Waals surface area contributed by atoms with Crippen molar-refractivity contribution in [3.63, 3.8) is 0 Å². The zero-order valence-electron chi connectivity index (χ0n) is 10.8. The Labute approximate surface area is 133 Å². The van der Waals surface area contributed by atoms with Gasteiger partial charge in [-0.15, -0.1) is 0 Å². The highest BCUT2D eigenvalue weighted by atomic mass is 79.9. The van der Waals surface area contributed by atoms with Gasteiger partial charge in [0.1, 0.15) is 0 Å². The number of benzene rings is 1. The number of nitrogens with one attached hydrogen (secondary N) is 1. The number of hydrogen-bond acceptors (Lipinski definition) is 4. The maximum absolute atomic E-state index is 12.2. The molecule has 0 aliphatic carbocycles. The Balaban J connectivity index is 2.27. The van der Waals surface area contributed by atoms with E-state index in [1.165, 1.54) is 7.11 Å². The number of carbonyl (C=O) groups is 1. The van der Waals surface area contributed by atoms with Gasteiger partial charge in [0.15, 0.2) is 0 Å². The summed E-state index contributed by atoms with van der Waals surface area (Å²) in [5, 5.41) is 2.65. The molecule has 0 fully saturated rings. The number of anilines is 1. The molecule has 2 aromatic rings. The number of methoxy groups -OCH3 is 1. The van der Waals surface area contributed by atoms with Crippen molar-refractivity contribution >= 4 is 43.7 Å². The molecule has 1 N–H and O–H groups in total. The molecule has 0 aliphatic rings. The topological polar surface area (TPSA) is 64.1 Å². The van der Waals surface area contributed by atoms with E-state index in [-0.39, 0.29) is 11.9 Å². The highest BCUT2D eigenvalue weighted by Crippen LogP contribution is 2.22. The van der Waals surface area contributed by atoms with E-state index in [4.69, 9.17) is 4.74 Å². The number of nitrogens with zero attached hydrogens (tertiary/aromatic N) is 2. The Morgan fingerprint density at radius 1 is 1.25 bits per heavy atom. The van der Waals surface area contributed by atoms with E-state index in [2.05, 4.69) is 47.1 Å². The van der Waals surface area contributed by atoms with Crippen LogP contribution < -0.4 is 10.1 Å². The first-order chi connectivity index (χ1) is 9.49. The SMILES string of the molecule is COc1cc(C)nc(NC(=O)c2cc(Br)ccc2Br)n1. The maximum Gasteiger partial charge on any atom is 0.259 e. The van der Waals surface area contributed by atoms with Gasteiger partial charge in [0, 0.05) is 20.7 Å². The lowest BCUT2D eigenvalue weighted by atomic mass is 10.2. The van der Waals surface area contributed by atoms with Gasteiger partial charge in [-0.25, -0.2) is 4.98 Å². The quantitative estimate of drug-likeness (QED) is 0.855. The highest BCUT2D eigenvalue weighted by molar-refractivity contribution is 9.11. The fraction of sp³-hybridized carbons (Fsp3) is 0.154. The maximum atomic E-state index is 12.2. The van der Waals surface area contributed by atoms with Crippen molar-refractivity contribution in [2.45, 2.75) is 6.92 Å². The van der Waals surface area contributed by atoms with Crippen LogP contribution >= 0.6 is 31.9 Å². The number of hydrogen-bond donors (Lipinski definition) is 1. The summed E-state index contributed by atoms with van der Waals surface area (Å²) in [7, 11) is 1.51. The lowest BCUT2D eigenvalue weighted by Gasteiger charge is -2.08. The summed E-state index contributed by atoms with van der Waals surface area (Å²) in [6.45, 7) is 1.80. The largest absolute Gasteiger partial charge is 0.481 e. The zero-order chi connectivity index (χ0) is 14.7. The molecule has 0 spiro atoms. The van der Waals surface area contributed by atoms with Crippen molar-refractivity contribution < 1.29 is 9.53 Å². The van der Waals surface area contributed by atoms with Gasteiger partial charge >= 0.3 is 0 Å². The van der Waals surface area contributed by atoms with Crippen molar-refractivity contribution in [1.82, 2.24) is 9.97 Å². The molecule has 20 heavy (non-hydrogen) atoms. The second-order valence-corrected chi connectivity index (χ2v) is 5.72. The van der Waals surface area contributed by atoms with E-state index >= 15 is 0 Å². The molecular formula is C13H11Br2N3O2. The molecule has 0 saturated heterocycles. The van der Waals surface area contributed by atoms with Gasteiger partial charge in [-0.1, -0.05) is 15.9 Å². The number of amides is 1.